The number of carboxylic acid groups (broad SMARTS) is 1. The van der Waals surface area contributed by atoms with E-state index < -0.39 is 42.1 Å². The minimum absolute atomic E-state index is 0.0195. The number of hydrogen-bond acceptors (Lipinski definition) is 7. The first-order valence-electron chi connectivity index (χ1n) is 11.5. The first-order valence-corrected chi connectivity index (χ1v) is 11.5. The van der Waals surface area contributed by atoms with E-state index in [4.69, 9.17) is 14.6 Å². The minimum Gasteiger partial charge on any atom is -0.479 e. The van der Waals surface area contributed by atoms with Crippen LogP contribution < -0.4 is 0 Å². The molecule has 1 aliphatic heterocycles. The van der Waals surface area contributed by atoms with E-state index in [1.165, 1.54) is 16.3 Å². The van der Waals surface area contributed by atoms with Crippen LogP contribution in [0.1, 0.15) is 19.4 Å². The van der Waals surface area contributed by atoms with Gasteiger partial charge in [0.25, 0.3) is 0 Å². The molecule has 0 aromatic heterocycles. The number of fused-ring (bicyclic) bond motifs is 1. The van der Waals surface area contributed by atoms with Gasteiger partial charge in [-0.05, 0) is 43.3 Å². The summed E-state index contributed by atoms with van der Waals surface area (Å²) in [5, 5.41) is 41.3. The second-order valence-electron chi connectivity index (χ2n) is 9.44. The first-order chi connectivity index (χ1) is 16.6. The standard InChI is InChI=1S/C27H33NO7/c1-27(2,17-34-26-23(31)21(29)22(30)24(35-26)25(32)33)14-7-4-8-15-28(3)16-19-12-9-11-18-10-5-6-13-20(18)19/h4-6,8-13,21-24,26,29-31H,15-17H2,1-3H3,(H,32,33)/b8-4+/t21-,22-,23+,24-,26-/m0/s1. The van der Waals surface area contributed by atoms with Crippen molar-refractivity contribution in [2.24, 2.45) is 5.41 Å². The van der Waals surface area contributed by atoms with Crippen LogP contribution >= 0.6 is 0 Å². The fraction of sp³-hybridized carbons (Fsp3) is 0.444. The van der Waals surface area contributed by atoms with Crippen LogP contribution in [-0.2, 0) is 20.8 Å². The number of carbonyl (C=O) groups is 1. The number of aliphatic carboxylic acids is 1. The average molecular weight is 484 g/mol. The van der Waals surface area contributed by atoms with Crippen molar-refractivity contribution >= 4 is 16.7 Å². The van der Waals surface area contributed by atoms with Crippen molar-refractivity contribution in [2.45, 2.75) is 51.1 Å². The number of nitrogens with zero attached hydrogens (tertiary/aromatic N) is 1. The third-order valence-electron chi connectivity index (χ3n) is 5.77. The Morgan fingerprint density at radius 2 is 1.83 bits per heavy atom. The molecule has 4 N–H and O–H groups in total. The largest absolute Gasteiger partial charge is 0.479 e. The lowest BCUT2D eigenvalue weighted by atomic mass is 9.95. The Balaban J connectivity index is 1.50. The number of ether oxygens (including phenoxy) is 2. The molecule has 1 heterocycles. The Kier molecular flexibility index (Phi) is 9.03. The number of rotatable bonds is 8. The van der Waals surface area contributed by atoms with Gasteiger partial charge in [-0.15, -0.1) is 0 Å². The zero-order valence-corrected chi connectivity index (χ0v) is 20.2. The number of hydrogen-bond donors (Lipinski definition) is 4. The maximum Gasteiger partial charge on any atom is 0.335 e. The van der Waals surface area contributed by atoms with Gasteiger partial charge < -0.3 is 29.9 Å². The van der Waals surface area contributed by atoms with Crippen LogP contribution in [-0.4, -0.2) is 82.2 Å². The summed E-state index contributed by atoms with van der Waals surface area (Å²) >= 11 is 0. The molecule has 0 radical (unpaired) electrons. The second kappa shape index (κ2) is 11.8. The lowest BCUT2D eigenvalue weighted by Gasteiger charge is -2.39. The van der Waals surface area contributed by atoms with Crippen LogP contribution in [0.5, 0.6) is 0 Å². The van der Waals surface area contributed by atoms with Crippen LogP contribution in [0.3, 0.4) is 0 Å². The lowest BCUT2D eigenvalue weighted by Crippen LogP contribution is -2.60. The van der Waals surface area contributed by atoms with Gasteiger partial charge in [0.15, 0.2) is 12.4 Å². The summed E-state index contributed by atoms with van der Waals surface area (Å²) in [5.41, 5.74) is 0.625. The van der Waals surface area contributed by atoms with Gasteiger partial charge in [-0.25, -0.2) is 4.79 Å². The van der Waals surface area contributed by atoms with E-state index in [1.807, 2.05) is 39.1 Å². The average Bonchev–Trinajstić information content (AvgIpc) is 2.82. The van der Waals surface area contributed by atoms with Crippen LogP contribution in [0.2, 0.25) is 0 Å². The van der Waals surface area contributed by atoms with Gasteiger partial charge in [0, 0.05) is 18.5 Å². The number of likely N-dealkylation sites (N-methyl/N-ethyl adjacent to an activating group) is 1. The number of aliphatic hydroxyl groups excluding tert-OH is 3. The summed E-state index contributed by atoms with van der Waals surface area (Å²) in [6.45, 7) is 5.20. The normalized spacial score (nSPS) is 25.1. The van der Waals surface area contributed by atoms with Gasteiger partial charge >= 0.3 is 5.97 Å². The summed E-state index contributed by atoms with van der Waals surface area (Å²) in [5.74, 6) is 4.61. The molecule has 0 unspecified atom stereocenters. The van der Waals surface area contributed by atoms with Crippen molar-refractivity contribution in [1.82, 2.24) is 4.90 Å². The lowest BCUT2D eigenvalue weighted by molar-refractivity contribution is -0.297. The van der Waals surface area contributed by atoms with Crippen molar-refractivity contribution < 1.29 is 34.7 Å². The van der Waals surface area contributed by atoms with Crippen LogP contribution in [0, 0.1) is 17.3 Å². The van der Waals surface area contributed by atoms with Crippen LogP contribution in [0.25, 0.3) is 10.8 Å². The molecular weight excluding hydrogens is 450 g/mol. The summed E-state index contributed by atoms with van der Waals surface area (Å²) in [7, 11) is 2.04. The van der Waals surface area contributed by atoms with Gasteiger partial charge in [-0.1, -0.05) is 60.4 Å². The van der Waals surface area contributed by atoms with E-state index >= 15 is 0 Å². The topological polar surface area (TPSA) is 120 Å². The monoisotopic (exact) mass is 483 g/mol. The Morgan fingerprint density at radius 1 is 1.11 bits per heavy atom. The van der Waals surface area contributed by atoms with Crippen molar-refractivity contribution in [3.8, 4) is 11.8 Å². The molecule has 1 saturated heterocycles. The highest BCUT2D eigenvalue weighted by Gasteiger charge is 2.47. The molecule has 0 spiro atoms. The Hall–Kier alpha value is -2.77. The Labute approximate surface area is 205 Å². The van der Waals surface area contributed by atoms with Crippen molar-refractivity contribution in [2.75, 3.05) is 20.2 Å². The van der Waals surface area contributed by atoms with E-state index in [0.29, 0.717) is 6.54 Å². The molecule has 1 aliphatic rings. The quantitative estimate of drug-likeness (QED) is 0.420. The first kappa shape index (κ1) is 26.8. The third-order valence-corrected chi connectivity index (χ3v) is 5.77. The summed E-state index contributed by atoms with van der Waals surface area (Å²) in [4.78, 5) is 13.4. The second-order valence-corrected chi connectivity index (χ2v) is 9.44. The van der Waals surface area contributed by atoms with Crippen molar-refractivity contribution in [3.05, 3.63) is 60.2 Å². The number of benzene rings is 2. The SMILES string of the molecule is CN(C/C=C/C#CC(C)(C)CO[C@H]1O[C@H](C(=O)O)[C@@H](O)[C@H](O)[C@H]1O)Cc1cccc2ccccc12. The van der Waals surface area contributed by atoms with Crippen molar-refractivity contribution in [1.29, 1.82) is 0 Å². The van der Waals surface area contributed by atoms with Crippen LogP contribution in [0.4, 0.5) is 0 Å². The summed E-state index contributed by atoms with van der Waals surface area (Å²) in [6.07, 6.45) is -4.37. The van der Waals surface area contributed by atoms with Crippen molar-refractivity contribution in [3.63, 3.8) is 0 Å². The summed E-state index contributed by atoms with van der Waals surface area (Å²) in [6, 6.07) is 14.6. The maximum atomic E-state index is 11.2. The van der Waals surface area contributed by atoms with E-state index in [2.05, 4.69) is 47.1 Å². The van der Waals surface area contributed by atoms with Gasteiger partial charge in [-0.2, -0.15) is 0 Å². The molecule has 0 amide bonds. The molecule has 0 aliphatic carbocycles. The third kappa shape index (κ3) is 7.12. The van der Waals surface area contributed by atoms with E-state index in [1.54, 1.807) is 6.08 Å². The predicted molar refractivity (Wildman–Crippen MR) is 131 cm³/mol. The Bertz CT molecular complexity index is 1100. The highest BCUT2D eigenvalue weighted by atomic mass is 16.7. The highest BCUT2D eigenvalue weighted by molar-refractivity contribution is 5.85. The number of allylic oxidation sites excluding steroid dienone is 1. The van der Waals surface area contributed by atoms with E-state index in [9.17, 15) is 20.1 Å². The summed E-state index contributed by atoms with van der Waals surface area (Å²) < 4.78 is 10.6. The minimum atomic E-state index is -1.75. The fourth-order valence-corrected chi connectivity index (χ4v) is 3.83. The van der Waals surface area contributed by atoms with Crippen LogP contribution in [0.15, 0.2) is 54.6 Å². The van der Waals surface area contributed by atoms with Gasteiger partial charge in [0.1, 0.15) is 18.3 Å². The molecule has 1 fully saturated rings. The molecule has 2 aromatic carbocycles. The number of aliphatic hydroxyl groups is 3. The van der Waals surface area contributed by atoms with Gasteiger partial charge in [0.2, 0.25) is 0 Å². The molecular formula is C27H33NO7. The van der Waals surface area contributed by atoms with Gasteiger partial charge in [0.05, 0.1) is 6.61 Å². The zero-order valence-electron chi connectivity index (χ0n) is 20.2. The molecule has 188 valence electrons. The molecule has 8 heteroatoms. The van der Waals surface area contributed by atoms with E-state index in [-0.39, 0.29) is 6.61 Å². The molecule has 3 rings (SSSR count). The zero-order chi connectivity index (χ0) is 25.6. The van der Waals surface area contributed by atoms with E-state index in [0.717, 1.165) is 6.54 Å². The molecule has 0 bridgehead atoms. The molecule has 0 saturated carbocycles. The smallest absolute Gasteiger partial charge is 0.335 e. The van der Waals surface area contributed by atoms with Gasteiger partial charge in [-0.3, -0.25) is 4.90 Å². The fourth-order valence-electron chi connectivity index (χ4n) is 3.83. The Morgan fingerprint density at radius 3 is 2.57 bits per heavy atom. The molecule has 2 aromatic rings. The highest BCUT2D eigenvalue weighted by Crippen LogP contribution is 2.25. The molecule has 8 nitrogen and oxygen atoms in total. The molecule has 35 heavy (non-hydrogen) atoms. The maximum absolute atomic E-state index is 11.2. The molecule has 5 atom stereocenters. The predicted octanol–water partition coefficient (Wildman–Crippen LogP) is 1.77. The number of carboxylic acids is 1.